The van der Waals surface area contributed by atoms with Crippen molar-refractivity contribution in [1.82, 2.24) is 4.37 Å². The summed E-state index contributed by atoms with van der Waals surface area (Å²) in [5, 5.41) is 45.7. The predicted octanol–water partition coefficient (Wildman–Crippen LogP) is 4.52. The molecule has 0 bridgehead atoms. The third kappa shape index (κ3) is 7.34. The van der Waals surface area contributed by atoms with E-state index in [0.717, 1.165) is 11.5 Å². The molecular weight excluding hydrogens is 442 g/mol. The van der Waals surface area contributed by atoms with Crippen LogP contribution in [0.4, 0.5) is 16.4 Å². The van der Waals surface area contributed by atoms with Crippen LogP contribution in [0, 0.1) is 40.8 Å². The van der Waals surface area contributed by atoms with Crippen molar-refractivity contribution in [3.05, 3.63) is 35.5 Å². The summed E-state index contributed by atoms with van der Waals surface area (Å²) in [6.45, 7) is 1.73. The Labute approximate surface area is 177 Å². The van der Waals surface area contributed by atoms with Crippen LogP contribution in [0.5, 0.6) is 0 Å². The molecule has 148 valence electrons. The molecule has 0 radical (unpaired) electrons. The average molecular weight is 451 g/mol. The number of hydrogen-bond acceptors (Lipinski definition) is 14. The molecule has 0 unspecified atom stereocenters. The number of aromatic nitrogens is 1. The first-order valence-electron chi connectivity index (χ1n) is 7.16. The number of hydrogen-bond donors (Lipinski definition) is 2. The van der Waals surface area contributed by atoms with Gasteiger partial charge in [-0.2, -0.15) is 9.64 Å². The number of rotatable bonds is 7. The molecule has 0 saturated heterocycles. The van der Waals surface area contributed by atoms with Gasteiger partial charge in [-0.1, -0.05) is 10.1 Å². The maximum Gasteiger partial charge on any atom is 0.176 e. The first kappa shape index (κ1) is 22.6. The average Bonchev–Trinajstić information content (AvgIpc) is 3.11. The van der Waals surface area contributed by atoms with Gasteiger partial charge in [0.1, 0.15) is 35.7 Å². The first-order valence-corrected chi connectivity index (χ1v) is 9.42. The molecule has 1 aromatic carbocycles. The minimum atomic E-state index is 0.394. The minimum Gasteiger partial charge on any atom is -0.226 e. The van der Waals surface area contributed by atoms with Crippen LogP contribution in [0.2, 0.25) is 0 Å². The van der Waals surface area contributed by atoms with Gasteiger partial charge in [0.15, 0.2) is 5.00 Å². The summed E-state index contributed by atoms with van der Waals surface area (Å²) in [6, 6.07) is 14.0. The maximum absolute atomic E-state index is 9.11. The van der Waals surface area contributed by atoms with Crippen LogP contribution >= 0.6 is 35.6 Å². The lowest BCUT2D eigenvalue weighted by atomic mass is 10.3. The molecule has 2 aromatic rings. The third-order valence-corrected chi connectivity index (χ3v) is 4.28. The van der Waals surface area contributed by atoms with Crippen molar-refractivity contribution in [3.63, 3.8) is 0 Å². The molecule has 2 N–H and O–H groups in total. The molecule has 0 amide bonds. The fourth-order valence-electron chi connectivity index (χ4n) is 1.68. The summed E-state index contributed by atoms with van der Waals surface area (Å²) in [5.41, 5.74) is 2.09. The Morgan fingerprint density at radius 2 is 1.69 bits per heavy atom. The highest BCUT2D eigenvalue weighted by atomic mass is 32.2. The first-order chi connectivity index (χ1) is 14.2. The zero-order chi connectivity index (χ0) is 20.9. The Bertz CT molecular complexity index is 974. The van der Waals surface area contributed by atoms with Crippen molar-refractivity contribution in [2.24, 2.45) is 10.2 Å². The van der Waals surface area contributed by atoms with E-state index in [-0.39, 0.29) is 0 Å². The van der Waals surface area contributed by atoms with Gasteiger partial charge in [0.2, 0.25) is 0 Å². The van der Waals surface area contributed by atoms with Gasteiger partial charge in [0.25, 0.3) is 0 Å². The summed E-state index contributed by atoms with van der Waals surface area (Å²) < 4.78 is 12.4. The van der Waals surface area contributed by atoms with Gasteiger partial charge < -0.3 is 0 Å². The van der Waals surface area contributed by atoms with Crippen LogP contribution in [0.15, 0.2) is 34.5 Å². The van der Waals surface area contributed by atoms with Crippen LogP contribution in [-0.2, 0) is 18.7 Å². The normalized spacial score (nSPS) is 10.0. The molecule has 0 aliphatic heterocycles. The van der Waals surface area contributed by atoms with E-state index < -0.39 is 0 Å². The summed E-state index contributed by atoms with van der Waals surface area (Å²) >= 11 is 2.14. The van der Waals surface area contributed by atoms with Crippen molar-refractivity contribution in [2.45, 2.75) is 6.92 Å². The van der Waals surface area contributed by atoms with Gasteiger partial charge in [-0.25, -0.2) is 15.4 Å². The van der Waals surface area contributed by atoms with Crippen molar-refractivity contribution in [3.8, 4) is 28.7 Å². The summed E-state index contributed by atoms with van der Waals surface area (Å²) in [5.74, 6) is 0. The van der Waals surface area contributed by atoms with Crippen LogP contribution in [-0.4, -0.2) is 14.9 Å². The van der Waals surface area contributed by atoms with Crippen molar-refractivity contribution in [1.29, 1.82) is 5.26 Å². The highest BCUT2D eigenvalue weighted by molar-refractivity contribution is 7.99. The number of nitriles is 1. The fraction of sp³-hybridized carbons (Fsp3) is 0.0667. The lowest BCUT2D eigenvalue weighted by Crippen LogP contribution is -2.07. The topological polar surface area (TPSA) is 142 Å². The Kier molecular flexibility index (Phi) is 9.91. The summed E-state index contributed by atoms with van der Waals surface area (Å²) in [7, 11) is 0. The lowest BCUT2D eigenvalue weighted by molar-refractivity contribution is -0.431. The largest absolute Gasteiger partial charge is 0.226 e. The molecule has 11 nitrogen and oxygen atoms in total. The highest BCUT2D eigenvalue weighted by Gasteiger charge is 2.09. The van der Waals surface area contributed by atoms with Crippen LogP contribution in [0.3, 0.4) is 0 Å². The van der Waals surface area contributed by atoms with Gasteiger partial charge in [-0.05, 0) is 42.7 Å². The van der Waals surface area contributed by atoms with E-state index in [4.69, 9.17) is 15.8 Å². The van der Waals surface area contributed by atoms with Gasteiger partial charge in [0, 0.05) is 22.6 Å². The van der Waals surface area contributed by atoms with E-state index in [9.17, 15) is 0 Å². The molecule has 0 saturated carbocycles. The molecule has 2 rings (SSSR count). The second-order valence-corrected chi connectivity index (χ2v) is 6.26. The minimum absolute atomic E-state index is 0.394. The van der Waals surface area contributed by atoms with E-state index in [1.807, 2.05) is 6.07 Å². The number of nitrogens with zero attached hydrogens (tertiary/aromatic N) is 5. The van der Waals surface area contributed by atoms with E-state index in [1.165, 1.54) is 4.90 Å². The van der Waals surface area contributed by atoms with E-state index >= 15 is 0 Å². The maximum atomic E-state index is 9.11. The molecular formula is C15H9N5O6S3. The third-order valence-electron chi connectivity index (χ3n) is 2.85. The highest BCUT2D eigenvalue weighted by Crippen LogP contribution is 2.29. The lowest BCUT2D eigenvalue weighted by Gasteiger charge is -2.08. The van der Waals surface area contributed by atoms with Gasteiger partial charge >= 0.3 is 0 Å². The zero-order valence-electron chi connectivity index (χ0n) is 14.3. The second kappa shape index (κ2) is 12.7. The molecule has 0 aliphatic rings. The standard InChI is InChI=1S/C15H9N5O6S3/c1-11-14(10-16)15(29-19-11)18-17-12-2-4-13(5-3-12)20(6-8-27-25-23-21)7-9-28-26-24-22/h2-5,21-22H,1H3. The Morgan fingerprint density at radius 1 is 1.07 bits per heavy atom. The molecule has 1 heterocycles. The Balaban J connectivity index is 2.15. The number of anilines is 1. The second-order valence-electron chi connectivity index (χ2n) is 4.49. The van der Waals surface area contributed by atoms with Gasteiger partial charge in [0.05, 0.1) is 17.1 Å². The molecule has 0 atom stereocenters. The quantitative estimate of drug-likeness (QED) is 0.117. The van der Waals surface area contributed by atoms with E-state index in [0.29, 0.717) is 51.7 Å². The Hall–Kier alpha value is -2.68. The van der Waals surface area contributed by atoms with Crippen LogP contribution in [0.25, 0.3) is 0 Å². The molecule has 29 heavy (non-hydrogen) atoms. The van der Waals surface area contributed by atoms with Crippen molar-refractivity contribution >= 4 is 52.0 Å². The number of azo groups is 1. The van der Waals surface area contributed by atoms with E-state index in [2.05, 4.69) is 55.9 Å². The summed E-state index contributed by atoms with van der Waals surface area (Å²) in [6.07, 6.45) is 0. The molecule has 0 spiro atoms. The smallest absolute Gasteiger partial charge is 0.176 e. The van der Waals surface area contributed by atoms with Gasteiger partial charge in [-0.15, -0.1) is 18.9 Å². The Morgan fingerprint density at radius 3 is 2.24 bits per heavy atom. The number of benzene rings is 1. The SMILES string of the molecule is Cc1nsc(N=Nc2ccc(N(C#CSOOO)C#CSOOO)cc2)c1C#N. The van der Waals surface area contributed by atoms with Crippen molar-refractivity contribution < 1.29 is 29.3 Å². The fourth-order valence-corrected chi connectivity index (χ4v) is 2.74. The molecule has 1 aromatic heterocycles. The predicted molar refractivity (Wildman–Crippen MR) is 105 cm³/mol. The van der Waals surface area contributed by atoms with Crippen LogP contribution in [0.1, 0.15) is 11.3 Å². The van der Waals surface area contributed by atoms with Crippen molar-refractivity contribution in [2.75, 3.05) is 4.90 Å². The molecule has 0 aliphatic carbocycles. The summed E-state index contributed by atoms with van der Waals surface area (Å²) in [4.78, 5) is 1.31. The number of aryl methyl sites for hydroxylation is 1. The molecule has 0 fully saturated rings. The zero-order valence-corrected chi connectivity index (χ0v) is 16.7. The van der Waals surface area contributed by atoms with Crippen LogP contribution < -0.4 is 4.90 Å². The monoisotopic (exact) mass is 451 g/mol. The van der Waals surface area contributed by atoms with Gasteiger partial charge in [-0.3, -0.25) is 0 Å². The molecule has 14 heteroatoms. The van der Waals surface area contributed by atoms with E-state index in [1.54, 1.807) is 31.2 Å².